The van der Waals surface area contributed by atoms with Crippen LogP contribution in [-0.2, 0) is 9.53 Å². The Morgan fingerprint density at radius 3 is 2.66 bits per heavy atom. The Labute approximate surface area is 173 Å². The van der Waals surface area contributed by atoms with E-state index in [1.165, 1.54) is 12.0 Å². The molecule has 0 amide bonds. The molecule has 0 spiro atoms. The topological polar surface area (TPSA) is 70.0 Å². The minimum atomic E-state index is -3.18. The number of hydrogen-bond acceptors (Lipinski definition) is 5. The number of hydrogen-bond donors (Lipinski definition) is 2. The zero-order valence-corrected chi connectivity index (χ0v) is 17.7. The largest absolute Gasteiger partial charge is 0.469 e. The molecule has 2 N–H and O–H groups in total. The Morgan fingerprint density at radius 1 is 1.31 bits per heavy atom. The summed E-state index contributed by atoms with van der Waals surface area (Å²) >= 11 is 0. The van der Waals surface area contributed by atoms with Gasteiger partial charge in [-0.05, 0) is 18.8 Å². The van der Waals surface area contributed by atoms with Gasteiger partial charge in [0.05, 0.1) is 13.2 Å². The van der Waals surface area contributed by atoms with E-state index < -0.39 is 30.7 Å². The first-order valence-electron chi connectivity index (χ1n) is 10.4. The predicted octanol–water partition coefficient (Wildman–Crippen LogP) is 3.49. The molecule has 7 heteroatoms. The Balaban J connectivity index is 2.54. The summed E-state index contributed by atoms with van der Waals surface area (Å²) in [4.78, 5) is 12.5. The number of halogens is 2. The third kappa shape index (κ3) is 8.81. The third-order valence-corrected chi connectivity index (χ3v) is 5.21. The molecule has 166 valence electrons. The second kappa shape index (κ2) is 12.9. The maximum atomic E-state index is 14.0. The van der Waals surface area contributed by atoms with Crippen LogP contribution in [0.25, 0.3) is 0 Å². The van der Waals surface area contributed by atoms with Crippen molar-refractivity contribution in [3.63, 3.8) is 0 Å². The number of likely N-dealkylation sites (tertiary alicyclic amines) is 1. The molecule has 29 heavy (non-hydrogen) atoms. The fourth-order valence-corrected chi connectivity index (χ4v) is 3.32. The van der Waals surface area contributed by atoms with E-state index in [2.05, 4.69) is 16.6 Å². The molecule has 1 heterocycles. The van der Waals surface area contributed by atoms with Gasteiger partial charge in [-0.15, -0.1) is 11.8 Å². The van der Waals surface area contributed by atoms with Gasteiger partial charge in [-0.2, -0.15) is 0 Å². The van der Waals surface area contributed by atoms with Crippen LogP contribution in [0, 0.1) is 17.8 Å². The van der Waals surface area contributed by atoms with E-state index in [0.717, 1.165) is 19.3 Å². The van der Waals surface area contributed by atoms with Crippen LogP contribution < -0.4 is 0 Å². The molecular weight excluding hydrogens is 380 g/mol. The number of unbranched alkanes of at least 4 members (excludes halogenated alkanes) is 3. The minimum Gasteiger partial charge on any atom is -0.469 e. The van der Waals surface area contributed by atoms with Crippen molar-refractivity contribution in [1.82, 2.24) is 4.90 Å². The van der Waals surface area contributed by atoms with Crippen molar-refractivity contribution in [3.8, 4) is 11.8 Å². The monoisotopic (exact) mass is 415 g/mol. The Kier molecular flexibility index (Phi) is 11.4. The van der Waals surface area contributed by atoms with E-state index in [-0.39, 0.29) is 11.9 Å². The summed E-state index contributed by atoms with van der Waals surface area (Å²) in [5.41, 5.74) is 0. The first-order chi connectivity index (χ1) is 13.7. The molecule has 0 aromatic carbocycles. The molecule has 0 aliphatic carbocycles. The van der Waals surface area contributed by atoms with Crippen LogP contribution in [0.5, 0.6) is 0 Å². The standard InChI is InChI=1S/C22H35F2NO4/c1-4-5-8-11-17(2)19(26)14-13-18-16-22(23,24)21(28)25(18)15-10-7-6-9-12-20(27)29-3/h13-14,17-19,21,26,28H,4,6-7,9-12,15-16H2,1-3H3. The summed E-state index contributed by atoms with van der Waals surface area (Å²) in [5, 5.41) is 20.2. The Bertz CT molecular complexity index is 585. The number of ether oxygens (including phenoxy) is 1. The number of carbonyl (C=O) groups is 1. The van der Waals surface area contributed by atoms with Gasteiger partial charge >= 0.3 is 5.97 Å². The normalized spacial score (nSPS) is 23.6. The lowest BCUT2D eigenvalue weighted by molar-refractivity contribution is -0.140. The molecule has 0 aromatic rings. The van der Waals surface area contributed by atoms with Gasteiger partial charge in [-0.1, -0.05) is 38.8 Å². The van der Waals surface area contributed by atoms with Crippen LogP contribution in [0.1, 0.15) is 65.2 Å². The van der Waals surface area contributed by atoms with E-state index in [9.17, 15) is 23.8 Å². The number of aliphatic hydroxyl groups excluding tert-OH is 2. The molecule has 0 aromatic heterocycles. The van der Waals surface area contributed by atoms with E-state index in [0.29, 0.717) is 32.2 Å². The van der Waals surface area contributed by atoms with Crippen LogP contribution in [-0.4, -0.2) is 59.0 Å². The number of nitrogens with zero attached hydrogens (tertiary/aromatic N) is 1. The van der Waals surface area contributed by atoms with Crippen LogP contribution in [0.4, 0.5) is 8.78 Å². The van der Waals surface area contributed by atoms with Gasteiger partial charge in [0.25, 0.3) is 5.92 Å². The van der Waals surface area contributed by atoms with E-state index >= 15 is 0 Å². The van der Waals surface area contributed by atoms with Crippen molar-refractivity contribution < 1.29 is 28.5 Å². The summed E-state index contributed by atoms with van der Waals surface area (Å²) in [6, 6.07) is -0.626. The molecule has 4 atom stereocenters. The van der Waals surface area contributed by atoms with E-state index in [1.54, 1.807) is 12.2 Å². The molecule has 1 rings (SSSR count). The van der Waals surface area contributed by atoms with E-state index in [1.807, 2.05) is 13.8 Å². The van der Waals surface area contributed by atoms with E-state index in [4.69, 9.17) is 0 Å². The summed E-state index contributed by atoms with van der Waals surface area (Å²) in [6.45, 7) is 4.15. The fourth-order valence-electron chi connectivity index (χ4n) is 3.32. The third-order valence-electron chi connectivity index (χ3n) is 5.21. The summed E-state index contributed by atoms with van der Waals surface area (Å²) in [5.74, 6) is 2.41. The minimum absolute atomic E-state index is 0.0969. The van der Waals surface area contributed by atoms with Crippen molar-refractivity contribution in [2.24, 2.45) is 5.92 Å². The highest BCUT2D eigenvalue weighted by Crippen LogP contribution is 2.37. The van der Waals surface area contributed by atoms with Crippen molar-refractivity contribution in [3.05, 3.63) is 12.2 Å². The average molecular weight is 416 g/mol. The lowest BCUT2D eigenvalue weighted by Gasteiger charge is -2.26. The van der Waals surface area contributed by atoms with Crippen molar-refractivity contribution in [2.75, 3.05) is 13.7 Å². The van der Waals surface area contributed by atoms with Gasteiger partial charge in [-0.3, -0.25) is 9.69 Å². The highest BCUT2D eigenvalue weighted by Gasteiger charge is 2.52. The molecule has 5 nitrogen and oxygen atoms in total. The number of rotatable bonds is 11. The van der Waals surface area contributed by atoms with Gasteiger partial charge in [0, 0.05) is 38.3 Å². The summed E-state index contributed by atoms with van der Waals surface area (Å²) in [7, 11) is 1.35. The van der Waals surface area contributed by atoms with Crippen molar-refractivity contribution >= 4 is 5.97 Å². The maximum Gasteiger partial charge on any atom is 0.305 e. The number of methoxy groups -OCH3 is 1. The SMILES string of the molecule is CCC#CCC(C)C(O)C=CC1CC(F)(F)C(O)N1CCCCCCC(=O)OC. The molecule has 0 bridgehead atoms. The fraction of sp³-hybridized carbons (Fsp3) is 0.773. The zero-order valence-electron chi connectivity index (χ0n) is 17.7. The van der Waals surface area contributed by atoms with Crippen molar-refractivity contribution in [1.29, 1.82) is 0 Å². The molecule has 1 aliphatic rings. The molecule has 1 fully saturated rings. The second-order valence-corrected chi connectivity index (χ2v) is 7.65. The quantitative estimate of drug-likeness (QED) is 0.234. The lowest BCUT2D eigenvalue weighted by Crippen LogP contribution is -2.41. The summed E-state index contributed by atoms with van der Waals surface area (Å²) < 4.78 is 32.6. The van der Waals surface area contributed by atoms with Crippen LogP contribution in [0.2, 0.25) is 0 Å². The molecule has 0 radical (unpaired) electrons. The van der Waals surface area contributed by atoms with Gasteiger partial charge in [0.1, 0.15) is 0 Å². The summed E-state index contributed by atoms with van der Waals surface area (Å²) in [6.07, 6.45) is 4.62. The number of alkyl halides is 2. The van der Waals surface area contributed by atoms with Gasteiger partial charge in [0.2, 0.25) is 0 Å². The lowest BCUT2D eigenvalue weighted by atomic mass is 9.99. The number of aliphatic hydroxyl groups is 2. The molecule has 4 unspecified atom stereocenters. The van der Waals surface area contributed by atoms with Crippen LogP contribution >= 0.6 is 0 Å². The first kappa shape index (κ1) is 25.5. The van der Waals surface area contributed by atoms with Gasteiger partial charge < -0.3 is 14.9 Å². The number of carbonyl (C=O) groups excluding carboxylic acids is 1. The Hall–Kier alpha value is -1.49. The zero-order chi connectivity index (χ0) is 21.9. The predicted molar refractivity (Wildman–Crippen MR) is 108 cm³/mol. The average Bonchev–Trinajstić information content (AvgIpc) is 2.91. The maximum absolute atomic E-state index is 14.0. The van der Waals surface area contributed by atoms with Crippen LogP contribution in [0.3, 0.4) is 0 Å². The van der Waals surface area contributed by atoms with Crippen LogP contribution in [0.15, 0.2) is 12.2 Å². The van der Waals surface area contributed by atoms with Gasteiger partial charge in [-0.25, -0.2) is 8.78 Å². The molecule has 1 aliphatic heterocycles. The molecule has 0 saturated carbocycles. The highest BCUT2D eigenvalue weighted by atomic mass is 19.3. The van der Waals surface area contributed by atoms with Crippen molar-refractivity contribution in [2.45, 2.75) is 89.5 Å². The highest BCUT2D eigenvalue weighted by molar-refractivity contribution is 5.68. The molecular formula is C22H35F2NO4. The first-order valence-corrected chi connectivity index (χ1v) is 10.4. The molecule has 1 saturated heterocycles. The number of esters is 1. The second-order valence-electron chi connectivity index (χ2n) is 7.65. The Morgan fingerprint density at radius 2 is 2.00 bits per heavy atom. The van der Waals surface area contributed by atoms with Gasteiger partial charge in [0.15, 0.2) is 6.23 Å². The smallest absolute Gasteiger partial charge is 0.305 e.